The molecule has 0 aliphatic carbocycles. The Labute approximate surface area is 172 Å². The Bertz CT molecular complexity index is 834. The van der Waals surface area contributed by atoms with Crippen molar-refractivity contribution in [2.24, 2.45) is 0 Å². The number of hydrogen-bond donors (Lipinski definition) is 0. The molecule has 0 saturated heterocycles. The Morgan fingerprint density at radius 1 is 0.700 bits per heavy atom. The van der Waals surface area contributed by atoms with Gasteiger partial charge < -0.3 is 9.47 Å². The summed E-state index contributed by atoms with van der Waals surface area (Å²) in [7, 11) is 3.57. The molecule has 9 heteroatoms. The van der Waals surface area contributed by atoms with Gasteiger partial charge in [0.05, 0.1) is 0 Å². The van der Waals surface area contributed by atoms with Crippen molar-refractivity contribution >= 4 is 0 Å². The Morgan fingerprint density at radius 2 is 1.13 bits per heavy atom. The number of halogens is 5. The molecular formula is C21H25F5N2O2. The summed E-state index contributed by atoms with van der Waals surface area (Å²) < 4.78 is 75.5. The van der Waals surface area contributed by atoms with Crippen LogP contribution in [0.3, 0.4) is 0 Å². The zero-order chi connectivity index (χ0) is 22.6. The molecule has 0 radical (unpaired) electrons. The summed E-state index contributed by atoms with van der Waals surface area (Å²) in [5.41, 5.74) is 0.919. The van der Waals surface area contributed by atoms with Crippen LogP contribution in [0.2, 0.25) is 0 Å². The molecule has 2 aromatic carbocycles. The van der Waals surface area contributed by atoms with E-state index < -0.39 is 29.1 Å². The molecule has 0 saturated carbocycles. The van der Waals surface area contributed by atoms with E-state index in [-0.39, 0.29) is 23.8 Å². The van der Waals surface area contributed by atoms with Crippen molar-refractivity contribution in [1.82, 2.24) is 9.80 Å². The largest absolute Gasteiger partial charge is 0.475 e. The van der Waals surface area contributed by atoms with Crippen LogP contribution in [0.15, 0.2) is 12.1 Å². The van der Waals surface area contributed by atoms with Gasteiger partial charge in [0, 0.05) is 29.8 Å². The van der Waals surface area contributed by atoms with E-state index in [1.165, 1.54) is 13.0 Å². The Kier molecular flexibility index (Phi) is 8.03. The van der Waals surface area contributed by atoms with Gasteiger partial charge in [-0.15, -0.1) is 0 Å². The monoisotopic (exact) mass is 432 g/mol. The summed E-state index contributed by atoms with van der Waals surface area (Å²) in [6.45, 7) is 6.80. The fraction of sp³-hybridized carbons (Fsp3) is 0.429. The van der Waals surface area contributed by atoms with Crippen LogP contribution < -0.4 is 9.47 Å². The lowest BCUT2D eigenvalue weighted by Gasteiger charge is -2.26. The molecule has 0 fully saturated rings. The zero-order valence-electron chi connectivity index (χ0n) is 17.6. The van der Waals surface area contributed by atoms with Gasteiger partial charge >= 0.3 is 0 Å². The second-order valence-corrected chi connectivity index (χ2v) is 6.84. The third kappa shape index (κ3) is 5.02. The number of nitrogens with zero attached hydrogens (tertiary/aromatic N) is 2. The van der Waals surface area contributed by atoms with Gasteiger partial charge in [-0.1, -0.05) is 13.8 Å². The van der Waals surface area contributed by atoms with Gasteiger partial charge in [-0.3, -0.25) is 9.80 Å². The highest BCUT2D eigenvalue weighted by molar-refractivity contribution is 5.41. The average molecular weight is 432 g/mol. The molecule has 0 amide bonds. The molecule has 2 heterocycles. The normalized spacial score (nSPS) is 15.4. The van der Waals surface area contributed by atoms with Crippen LogP contribution in [-0.4, -0.2) is 37.4 Å². The summed E-state index contributed by atoms with van der Waals surface area (Å²) in [5, 5.41) is 0. The molecule has 4 nitrogen and oxygen atoms in total. The number of hydrogen-bond acceptors (Lipinski definition) is 4. The summed E-state index contributed by atoms with van der Waals surface area (Å²) in [4.78, 5) is 3.57. The van der Waals surface area contributed by atoms with Crippen LogP contribution in [-0.2, 0) is 13.1 Å². The van der Waals surface area contributed by atoms with Crippen LogP contribution in [0.25, 0.3) is 0 Å². The zero-order valence-corrected chi connectivity index (χ0v) is 17.6. The third-order valence-electron chi connectivity index (χ3n) is 4.41. The van der Waals surface area contributed by atoms with E-state index in [0.29, 0.717) is 30.9 Å². The molecular weight excluding hydrogens is 407 g/mol. The maximum atomic E-state index is 13.5. The lowest BCUT2D eigenvalue weighted by molar-refractivity contribution is 0.114. The van der Waals surface area contributed by atoms with Crippen LogP contribution in [0.4, 0.5) is 22.0 Å². The van der Waals surface area contributed by atoms with Crippen molar-refractivity contribution < 1.29 is 31.4 Å². The summed E-state index contributed by atoms with van der Waals surface area (Å²) >= 11 is 0. The minimum absolute atomic E-state index is 0.0216. The maximum Gasteiger partial charge on any atom is 0.204 e. The molecule has 2 aliphatic heterocycles. The van der Waals surface area contributed by atoms with Gasteiger partial charge in [-0.05, 0) is 33.2 Å². The summed E-state index contributed by atoms with van der Waals surface area (Å²) in [6.07, 6.45) is 0. The number of benzene rings is 2. The first-order chi connectivity index (χ1) is 14.2. The highest BCUT2D eigenvalue weighted by Gasteiger charge is 2.24. The van der Waals surface area contributed by atoms with Gasteiger partial charge in [0.1, 0.15) is 19.3 Å². The molecule has 0 atom stereocenters. The third-order valence-corrected chi connectivity index (χ3v) is 4.41. The molecule has 0 unspecified atom stereocenters. The van der Waals surface area contributed by atoms with Crippen molar-refractivity contribution in [3.63, 3.8) is 0 Å². The molecule has 0 bridgehead atoms. The van der Waals surface area contributed by atoms with Gasteiger partial charge in [-0.25, -0.2) is 17.6 Å². The number of ether oxygens (including phenoxy) is 2. The number of rotatable bonds is 0. The van der Waals surface area contributed by atoms with Crippen LogP contribution in [0, 0.1) is 36.0 Å². The van der Waals surface area contributed by atoms with Crippen LogP contribution in [0.5, 0.6) is 11.5 Å². The maximum absolute atomic E-state index is 13.5. The molecule has 2 aromatic rings. The molecule has 0 aromatic heterocycles. The highest BCUT2D eigenvalue weighted by Crippen LogP contribution is 2.32. The first kappa shape index (κ1) is 23.9. The second-order valence-electron chi connectivity index (χ2n) is 6.84. The van der Waals surface area contributed by atoms with E-state index in [1.807, 2.05) is 25.8 Å². The van der Waals surface area contributed by atoms with Crippen molar-refractivity contribution in [3.8, 4) is 11.5 Å². The average Bonchev–Trinajstić information content (AvgIpc) is 2.72. The Morgan fingerprint density at radius 3 is 1.63 bits per heavy atom. The fourth-order valence-electron chi connectivity index (χ4n) is 2.94. The summed E-state index contributed by atoms with van der Waals surface area (Å²) in [5.74, 6) is -4.97. The molecule has 0 spiro atoms. The second kappa shape index (κ2) is 10.1. The molecule has 0 N–H and O–H groups in total. The van der Waals surface area contributed by atoms with E-state index in [0.717, 1.165) is 6.07 Å². The highest BCUT2D eigenvalue weighted by atomic mass is 19.2. The fourth-order valence-corrected chi connectivity index (χ4v) is 2.94. The smallest absolute Gasteiger partial charge is 0.204 e. The Hall–Kier alpha value is -2.39. The quantitative estimate of drug-likeness (QED) is 0.434. The molecule has 2 aliphatic rings. The molecule has 4 rings (SSSR count). The lowest BCUT2D eigenvalue weighted by atomic mass is 10.1. The van der Waals surface area contributed by atoms with Gasteiger partial charge in [0.25, 0.3) is 0 Å². The molecule has 166 valence electrons. The Balaban J connectivity index is 0.000000197. The van der Waals surface area contributed by atoms with E-state index in [2.05, 4.69) is 0 Å². The molecule has 30 heavy (non-hydrogen) atoms. The van der Waals surface area contributed by atoms with E-state index in [1.54, 1.807) is 11.9 Å². The van der Waals surface area contributed by atoms with Crippen molar-refractivity contribution in [1.29, 1.82) is 0 Å². The summed E-state index contributed by atoms with van der Waals surface area (Å²) in [6, 6.07) is 2.30. The van der Waals surface area contributed by atoms with Gasteiger partial charge in [-0.2, -0.15) is 4.39 Å². The first-order valence-corrected chi connectivity index (χ1v) is 9.45. The van der Waals surface area contributed by atoms with Gasteiger partial charge in [0.2, 0.25) is 5.82 Å². The van der Waals surface area contributed by atoms with Crippen molar-refractivity contribution in [2.45, 2.75) is 33.9 Å². The van der Waals surface area contributed by atoms with Gasteiger partial charge in [0.15, 0.2) is 29.0 Å². The van der Waals surface area contributed by atoms with Crippen LogP contribution >= 0.6 is 0 Å². The lowest BCUT2D eigenvalue weighted by Crippen LogP contribution is -2.29. The minimum Gasteiger partial charge on any atom is -0.475 e. The first-order valence-electron chi connectivity index (χ1n) is 9.45. The van der Waals surface area contributed by atoms with Crippen LogP contribution in [0.1, 0.15) is 30.5 Å². The van der Waals surface area contributed by atoms with E-state index in [9.17, 15) is 22.0 Å². The SMILES string of the molecule is CC.CN1COc2c(cc(F)c(F)c2F)C1.Cc1c(F)cc2c(c1F)OCN(C)C2. The van der Waals surface area contributed by atoms with E-state index in [4.69, 9.17) is 9.47 Å². The number of fused-ring (bicyclic) bond motifs is 2. The van der Waals surface area contributed by atoms with E-state index >= 15 is 0 Å². The predicted molar refractivity (Wildman–Crippen MR) is 103 cm³/mol. The topological polar surface area (TPSA) is 24.9 Å². The van der Waals surface area contributed by atoms with Crippen molar-refractivity contribution in [3.05, 3.63) is 57.9 Å². The van der Waals surface area contributed by atoms with Crippen molar-refractivity contribution in [2.75, 3.05) is 27.6 Å². The standard InChI is InChI=1S/C10H11F2NO.C9H8F3NO.C2H6/c1-6-8(11)3-7-4-13(2)5-14-10(7)9(6)12;1-13-3-5-2-6(10)7(11)8(12)9(5)14-4-13;1-2/h3H,4-5H2,1-2H3;2H,3-4H2,1H3;1-2H3. The minimum atomic E-state index is -1.48. The predicted octanol–water partition coefficient (Wildman–Crippen LogP) is 4.97.